The minimum Gasteiger partial charge on any atom is -0.491 e. The number of benzene rings is 1. The summed E-state index contributed by atoms with van der Waals surface area (Å²) in [6.07, 6.45) is 4.22. The van der Waals surface area contributed by atoms with Gasteiger partial charge in [0.1, 0.15) is 11.3 Å². The van der Waals surface area contributed by atoms with Gasteiger partial charge in [0.2, 0.25) is 0 Å². The van der Waals surface area contributed by atoms with Crippen molar-refractivity contribution in [2.45, 2.75) is 65.0 Å². The van der Waals surface area contributed by atoms with Gasteiger partial charge in [0.25, 0.3) is 0 Å². The number of hydrogen-bond acceptors (Lipinski definition) is 3. The van der Waals surface area contributed by atoms with Crippen LogP contribution in [0.5, 0.6) is 5.75 Å². The highest BCUT2D eigenvalue weighted by Gasteiger charge is 2.26. The zero-order valence-corrected chi connectivity index (χ0v) is 13.8. The summed E-state index contributed by atoms with van der Waals surface area (Å²) in [7, 11) is 0. The van der Waals surface area contributed by atoms with Gasteiger partial charge in [0.15, 0.2) is 0 Å². The fraction of sp³-hybridized carbons (Fsp3) is 0.611. The van der Waals surface area contributed by atoms with Crippen molar-refractivity contribution in [3.05, 3.63) is 29.8 Å². The number of rotatable bonds is 9. The molecule has 21 heavy (non-hydrogen) atoms. The molecule has 2 unspecified atom stereocenters. The first-order valence-corrected chi connectivity index (χ1v) is 7.95. The lowest BCUT2D eigenvalue weighted by atomic mass is 9.96. The van der Waals surface area contributed by atoms with Gasteiger partial charge < -0.3 is 4.74 Å². The molecule has 3 nitrogen and oxygen atoms in total. The van der Waals surface area contributed by atoms with E-state index in [2.05, 4.69) is 30.4 Å². The topological polar surface area (TPSA) is 45.0 Å². The van der Waals surface area contributed by atoms with Gasteiger partial charge in [0, 0.05) is 6.42 Å². The molecule has 0 saturated heterocycles. The van der Waals surface area contributed by atoms with E-state index in [0.717, 1.165) is 18.7 Å². The van der Waals surface area contributed by atoms with Crippen LogP contribution in [0.3, 0.4) is 0 Å². The van der Waals surface area contributed by atoms with Gasteiger partial charge in [-0.2, -0.15) is 5.26 Å². The van der Waals surface area contributed by atoms with Gasteiger partial charge in [-0.25, -0.2) is 0 Å². The van der Waals surface area contributed by atoms with Gasteiger partial charge in [-0.3, -0.25) is 5.32 Å². The highest BCUT2D eigenvalue weighted by atomic mass is 16.5. The van der Waals surface area contributed by atoms with E-state index in [-0.39, 0.29) is 6.10 Å². The average Bonchev–Trinajstić information content (AvgIpc) is 2.46. The Bertz CT molecular complexity index is 449. The SMILES string of the molecule is CCCCc1ccc(OC(C)CC(C)(C#N)NCC)cc1. The summed E-state index contributed by atoms with van der Waals surface area (Å²) < 4.78 is 5.93. The van der Waals surface area contributed by atoms with Crippen molar-refractivity contribution in [3.8, 4) is 11.8 Å². The maximum absolute atomic E-state index is 9.28. The Morgan fingerprint density at radius 3 is 2.48 bits per heavy atom. The van der Waals surface area contributed by atoms with Gasteiger partial charge in [-0.05, 0) is 50.9 Å². The number of unbranched alkanes of at least 4 members (excludes halogenated alkanes) is 1. The molecule has 1 aromatic carbocycles. The first-order chi connectivity index (χ1) is 10.0. The monoisotopic (exact) mass is 288 g/mol. The molecule has 3 heteroatoms. The fourth-order valence-electron chi connectivity index (χ4n) is 2.51. The minimum atomic E-state index is -0.533. The third-order valence-electron chi connectivity index (χ3n) is 3.59. The first-order valence-electron chi connectivity index (χ1n) is 7.95. The second kappa shape index (κ2) is 8.69. The van der Waals surface area contributed by atoms with Gasteiger partial charge in [-0.1, -0.05) is 32.4 Å². The van der Waals surface area contributed by atoms with Crippen LogP contribution < -0.4 is 10.1 Å². The van der Waals surface area contributed by atoms with Crippen LogP contribution in [0.2, 0.25) is 0 Å². The Morgan fingerprint density at radius 1 is 1.29 bits per heavy atom. The Morgan fingerprint density at radius 2 is 1.95 bits per heavy atom. The molecule has 116 valence electrons. The molecule has 0 aliphatic heterocycles. The summed E-state index contributed by atoms with van der Waals surface area (Å²) in [6.45, 7) is 8.93. The highest BCUT2D eigenvalue weighted by molar-refractivity contribution is 5.27. The molecule has 0 aromatic heterocycles. The molecular weight excluding hydrogens is 260 g/mol. The first kappa shape index (κ1) is 17.5. The zero-order chi connectivity index (χ0) is 15.7. The molecular formula is C18H28N2O. The maximum atomic E-state index is 9.28. The number of nitriles is 1. The van der Waals surface area contributed by atoms with Crippen LogP contribution >= 0.6 is 0 Å². The van der Waals surface area contributed by atoms with Crippen LogP contribution in [-0.2, 0) is 6.42 Å². The van der Waals surface area contributed by atoms with E-state index in [1.54, 1.807) is 0 Å². The second-order valence-corrected chi connectivity index (χ2v) is 5.85. The zero-order valence-electron chi connectivity index (χ0n) is 13.8. The van der Waals surface area contributed by atoms with E-state index < -0.39 is 5.54 Å². The Kier molecular flexibility index (Phi) is 7.25. The van der Waals surface area contributed by atoms with Gasteiger partial charge in [-0.15, -0.1) is 0 Å². The van der Waals surface area contributed by atoms with Gasteiger partial charge in [0.05, 0.1) is 12.2 Å². The number of hydrogen-bond donors (Lipinski definition) is 1. The highest BCUT2D eigenvalue weighted by Crippen LogP contribution is 2.19. The summed E-state index contributed by atoms with van der Waals surface area (Å²) in [6, 6.07) is 10.7. The number of nitrogens with one attached hydrogen (secondary N) is 1. The van der Waals surface area contributed by atoms with E-state index in [1.165, 1.54) is 18.4 Å². The smallest absolute Gasteiger partial charge is 0.119 e. The molecule has 2 atom stereocenters. The van der Waals surface area contributed by atoms with Crippen molar-refractivity contribution < 1.29 is 4.74 Å². The van der Waals surface area contributed by atoms with Gasteiger partial charge >= 0.3 is 0 Å². The van der Waals surface area contributed by atoms with Crippen molar-refractivity contribution in [1.82, 2.24) is 5.32 Å². The fourth-order valence-corrected chi connectivity index (χ4v) is 2.51. The summed E-state index contributed by atoms with van der Waals surface area (Å²) in [5.74, 6) is 0.875. The summed E-state index contributed by atoms with van der Waals surface area (Å²) in [5.41, 5.74) is 0.821. The molecule has 0 saturated carbocycles. The number of nitrogens with zero attached hydrogens (tertiary/aromatic N) is 1. The van der Waals surface area contributed by atoms with Crippen LogP contribution in [0.1, 0.15) is 52.5 Å². The summed E-state index contributed by atoms with van der Waals surface area (Å²) in [4.78, 5) is 0. The minimum absolute atomic E-state index is 0.00445. The molecule has 0 fully saturated rings. The normalized spacial score (nSPS) is 15.0. The lowest BCUT2D eigenvalue weighted by Crippen LogP contribution is -2.44. The number of aryl methyl sites for hydroxylation is 1. The Hall–Kier alpha value is -1.53. The standard InChI is InChI=1S/C18H28N2O/c1-5-7-8-16-9-11-17(12-10-16)21-15(3)13-18(4,14-19)20-6-2/h9-12,15,20H,5-8,13H2,1-4H3. The van der Waals surface area contributed by atoms with E-state index in [4.69, 9.17) is 4.74 Å². The summed E-state index contributed by atoms with van der Waals surface area (Å²) >= 11 is 0. The summed E-state index contributed by atoms with van der Waals surface area (Å²) in [5, 5.41) is 12.5. The Balaban J connectivity index is 2.54. The lowest BCUT2D eigenvalue weighted by molar-refractivity contribution is 0.180. The third kappa shape index (κ3) is 6.18. The molecule has 0 aliphatic rings. The molecule has 1 rings (SSSR count). The number of ether oxygens (including phenoxy) is 1. The average molecular weight is 288 g/mol. The largest absolute Gasteiger partial charge is 0.491 e. The van der Waals surface area contributed by atoms with E-state index in [0.29, 0.717) is 6.42 Å². The third-order valence-corrected chi connectivity index (χ3v) is 3.59. The van der Waals surface area contributed by atoms with Crippen molar-refractivity contribution >= 4 is 0 Å². The van der Waals surface area contributed by atoms with E-state index in [1.807, 2.05) is 32.9 Å². The van der Waals surface area contributed by atoms with Crippen LogP contribution in [-0.4, -0.2) is 18.2 Å². The lowest BCUT2D eigenvalue weighted by Gasteiger charge is -2.26. The molecule has 0 amide bonds. The molecule has 0 heterocycles. The molecule has 0 spiro atoms. The van der Waals surface area contributed by atoms with Crippen molar-refractivity contribution in [1.29, 1.82) is 5.26 Å². The molecule has 0 radical (unpaired) electrons. The molecule has 0 aliphatic carbocycles. The van der Waals surface area contributed by atoms with Crippen LogP contribution in [0, 0.1) is 11.3 Å². The quantitative estimate of drug-likeness (QED) is 0.744. The van der Waals surface area contributed by atoms with Crippen LogP contribution in [0.4, 0.5) is 0 Å². The van der Waals surface area contributed by atoms with Crippen molar-refractivity contribution in [2.75, 3.05) is 6.54 Å². The van der Waals surface area contributed by atoms with E-state index >= 15 is 0 Å². The van der Waals surface area contributed by atoms with Crippen LogP contribution in [0.15, 0.2) is 24.3 Å². The Labute approximate surface area is 129 Å². The predicted molar refractivity (Wildman–Crippen MR) is 87.5 cm³/mol. The maximum Gasteiger partial charge on any atom is 0.119 e. The van der Waals surface area contributed by atoms with Crippen molar-refractivity contribution in [3.63, 3.8) is 0 Å². The molecule has 0 bridgehead atoms. The predicted octanol–water partition coefficient (Wildman–Crippen LogP) is 4.08. The van der Waals surface area contributed by atoms with Crippen LogP contribution in [0.25, 0.3) is 0 Å². The molecule has 1 N–H and O–H groups in total. The van der Waals surface area contributed by atoms with Crippen molar-refractivity contribution in [2.24, 2.45) is 0 Å². The second-order valence-electron chi connectivity index (χ2n) is 5.85. The van der Waals surface area contributed by atoms with E-state index in [9.17, 15) is 5.26 Å². The molecule has 1 aromatic rings.